The van der Waals surface area contributed by atoms with Gasteiger partial charge in [-0.2, -0.15) is 0 Å². The number of nitrogens with one attached hydrogen (secondary N) is 2. The zero-order valence-electron chi connectivity index (χ0n) is 12.1. The predicted octanol–water partition coefficient (Wildman–Crippen LogP) is 2.97. The van der Waals surface area contributed by atoms with Crippen LogP contribution >= 0.6 is 15.9 Å². The summed E-state index contributed by atoms with van der Waals surface area (Å²) in [6, 6.07) is 8.43. The van der Waals surface area contributed by atoms with Crippen molar-refractivity contribution in [3.05, 3.63) is 46.7 Å². The van der Waals surface area contributed by atoms with Gasteiger partial charge in [0.1, 0.15) is 11.4 Å². The number of amides is 1. The van der Waals surface area contributed by atoms with Crippen molar-refractivity contribution in [1.82, 2.24) is 4.98 Å². The molecule has 6 nitrogen and oxygen atoms in total. The van der Waals surface area contributed by atoms with Crippen LogP contribution in [0.4, 0.5) is 5.69 Å². The minimum absolute atomic E-state index is 0.274. The third-order valence-electron chi connectivity index (χ3n) is 2.88. The number of anilines is 1. The first-order valence-corrected chi connectivity index (χ1v) is 7.28. The van der Waals surface area contributed by atoms with E-state index in [4.69, 9.17) is 9.47 Å². The van der Waals surface area contributed by atoms with Gasteiger partial charge in [0.15, 0.2) is 6.10 Å². The number of ether oxygens (including phenoxy) is 2. The fourth-order valence-corrected chi connectivity index (χ4v) is 2.02. The molecule has 0 aliphatic carbocycles. The quantitative estimate of drug-likeness (QED) is 0.797. The van der Waals surface area contributed by atoms with Crippen molar-refractivity contribution in [1.29, 1.82) is 0 Å². The van der Waals surface area contributed by atoms with Crippen LogP contribution in [0, 0.1) is 0 Å². The second-order valence-corrected chi connectivity index (χ2v) is 5.41. The molecule has 0 bridgehead atoms. The van der Waals surface area contributed by atoms with Gasteiger partial charge in [-0.05, 0) is 53.2 Å². The van der Waals surface area contributed by atoms with Crippen LogP contribution in [0.5, 0.6) is 5.75 Å². The van der Waals surface area contributed by atoms with Crippen LogP contribution in [0.3, 0.4) is 0 Å². The Hall–Kier alpha value is -2.28. The summed E-state index contributed by atoms with van der Waals surface area (Å²) in [6.07, 6.45) is 0.690. The van der Waals surface area contributed by atoms with Crippen LogP contribution < -0.4 is 10.1 Å². The SMILES string of the molecule is COc1ccc(NC(=O)[C@H](C)OC(=O)c2cc(Br)c[nH]2)cc1. The van der Waals surface area contributed by atoms with Gasteiger partial charge in [-0.3, -0.25) is 4.79 Å². The van der Waals surface area contributed by atoms with Crippen LogP contribution in [0.15, 0.2) is 41.0 Å². The van der Waals surface area contributed by atoms with Gasteiger partial charge in [-0.1, -0.05) is 0 Å². The number of hydrogen-bond donors (Lipinski definition) is 2. The highest BCUT2D eigenvalue weighted by Gasteiger charge is 2.19. The smallest absolute Gasteiger partial charge is 0.355 e. The zero-order chi connectivity index (χ0) is 16.1. The Balaban J connectivity index is 1.92. The van der Waals surface area contributed by atoms with E-state index in [1.54, 1.807) is 43.6 Å². The maximum absolute atomic E-state index is 12.0. The summed E-state index contributed by atoms with van der Waals surface area (Å²) >= 11 is 3.22. The second kappa shape index (κ2) is 7.13. The van der Waals surface area contributed by atoms with Crippen molar-refractivity contribution in [2.75, 3.05) is 12.4 Å². The normalized spacial score (nSPS) is 11.6. The fraction of sp³-hybridized carbons (Fsp3) is 0.200. The number of methoxy groups -OCH3 is 1. The number of benzene rings is 1. The first-order valence-electron chi connectivity index (χ1n) is 6.49. The summed E-state index contributed by atoms with van der Waals surface area (Å²) in [5.41, 5.74) is 0.868. The number of H-pyrrole nitrogens is 1. The van der Waals surface area contributed by atoms with Crippen molar-refractivity contribution in [3.8, 4) is 5.75 Å². The number of rotatable bonds is 5. The minimum atomic E-state index is -0.920. The van der Waals surface area contributed by atoms with E-state index < -0.39 is 18.0 Å². The van der Waals surface area contributed by atoms with Crippen molar-refractivity contribution in [2.45, 2.75) is 13.0 Å². The molecule has 0 saturated heterocycles. The third kappa shape index (κ3) is 4.11. The van der Waals surface area contributed by atoms with E-state index in [-0.39, 0.29) is 5.69 Å². The summed E-state index contributed by atoms with van der Waals surface area (Å²) < 4.78 is 10.9. The molecule has 1 atom stereocenters. The van der Waals surface area contributed by atoms with Gasteiger partial charge < -0.3 is 19.8 Å². The lowest BCUT2D eigenvalue weighted by Gasteiger charge is -2.13. The monoisotopic (exact) mass is 366 g/mol. The van der Waals surface area contributed by atoms with E-state index in [9.17, 15) is 9.59 Å². The highest BCUT2D eigenvalue weighted by atomic mass is 79.9. The van der Waals surface area contributed by atoms with Crippen LogP contribution in [-0.2, 0) is 9.53 Å². The van der Waals surface area contributed by atoms with Gasteiger partial charge in [-0.25, -0.2) is 4.79 Å². The molecule has 2 N–H and O–H groups in total. The molecule has 1 heterocycles. The lowest BCUT2D eigenvalue weighted by molar-refractivity contribution is -0.123. The number of esters is 1. The Morgan fingerprint density at radius 1 is 1.27 bits per heavy atom. The van der Waals surface area contributed by atoms with Crippen molar-refractivity contribution < 1.29 is 19.1 Å². The van der Waals surface area contributed by atoms with Gasteiger partial charge in [0.05, 0.1) is 7.11 Å². The molecule has 0 unspecified atom stereocenters. The first kappa shape index (κ1) is 16.1. The summed E-state index contributed by atoms with van der Waals surface area (Å²) in [5.74, 6) is -0.318. The molecule has 0 spiro atoms. The van der Waals surface area contributed by atoms with E-state index in [0.717, 1.165) is 4.47 Å². The summed E-state index contributed by atoms with van der Waals surface area (Å²) in [5, 5.41) is 2.66. The number of hydrogen-bond acceptors (Lipinski definition) is 4. The molecule has 0 fully saturated rings. The number of carbonyl (C=O) groups is 2. The molecule has 0 radical (unpaired) electrons. The summed E-state index contributed by atoms with van der Waals surface area (Å²) in [6.45, 7) is 1.51. The maximum Gasteiger partial charge on any atom is 0.355 e. The Bertz CT molecular complexity index is 666. The van der Waals surface area contributed by atoms with Crippen LogP contribution in [0.2, 0.25) is 0 Å². The molecule has 0 aliphatic rings. The topological polar surface area (TPSA) is 80.4 Å². The fourth-order valence-electron chi connectivity index (χ4n) is 1.68. The Kier molecular flexibility index (Phi) is 5.21. The Labute approximate surface area is 135 Å². The largest absolute Gasteiger partial charge is 0.497 e. The van der Waals surface area contributed by atoms with Gasteiger partial charge in [0.25, 0.3) is 5.91 Å². The average molecular weight is 367 g/mol. The third-order valence-corrected chi connectivity index (χ3v) is 3.34. The summed E-state index contributed by atoms with van der Waals surface area (Å²) in [4.78, 5) is 26.6. The van der Waals surface area contributed by atoms with Gasteiger partial charge in [0.2, 0.25) is 0 Å². The number of aromatic nitrogens is 1. The molecule has 1 aromatic heterocycles. The maximum atomic E-state index is 12.0. The van der Waals surface area contributed by atoms with Crippen LogP contribution in [-0.4, -0.2) is 30.1 Å². The number of halogens is 1. The highest BCUT2D eigenvalue weighted by molar-refractivity contribution is 9.10. The molecule has 7 heteroatoms. The van der Waals surface area contributed by atoms with E-state index >= 15 is 0 Å². The molecule has 22 heavy (non-hydrogen) atoms. The average Bonchev–Trinajstić information content (AvgIpc) is 2.94. The number of aromatic amines is 1. The molecule has 1 amide bonds. The predicted molar refractivity (Wildman–Crippen MR) is 85.0 cm³/mol. The van der Waals surface area contributed by atoms with Gasteiger partial charge >= 0.3 is 5.97 Å². The lowest BCUT2D eigenvalue weighted by atomic mass is 10.3. The van der Waals surface area contributed by atoms with E-state index in [1.165, 1.54) is 6.92 Å². The number of carbonyl (C=O) groups excluding carboxylic acids is 2. The molecule has 2 rings (SSSR count). The van der Waals surface area contributed by atoms with Crippen LogP contribution in [0.25, 0.3) is 0 Å². The second-order valence-electron chi connectivity index (χ2n) is 4.50. The van der Waals surface area contributed by atoms with Crippen molar-refractivity contribution in [3.63, 3.8) is 0 Å². The Morgan fingerprint density at radius 3 is 2.50 bits per heavy atom. The van der Waals surface area contributed by atoms with Gasteiger partial charge in [0, 0.05) is 16.4 Å². The molecule has 1 aromatic carbocycles. The first-order chi connectivity index (χ1) is 10.5. The van der Waals surface area contributed by atoms with E-state index in [1.807, 2.05) is 0 Å². The minimum Gasteiger partial charge on any atom is -0.497 e. The zero-order valence-corrected chi connectivity index (χ0v) is 13.6. The lowest BCUT2D eigenvalue weighted by Crippen LogP contribution is -2.30. The highest BCUT2D eigenvalue weighted by Crippen LogP contribution is 2.16. The molecule has 0 aliphatic heterocycles. The van der Waals surface area contributed by atoms with E-state index in [0.29, 0.717) is 11.4 Å². The van der Waals surface area contributed by atoms with E-state index in [2.05, 4.69) is 26.2 Å². The van der Waals surface area contributed by atoms with Crippen LogP contribution in [0.1, 0.15) is 17.4 Å². The molecular formula is C15H15BrN2O4. The molecule has 0 saturated carbocycles. The standard InChI is InChI=1S/C15H15BrN2O4/c1-9(22-15(20)13-7-10(16)8-17-13)14(19)18-11-3-5-12(21-2)6-4-11/h3-9,17H,1-2H3,(H,18,19)/t9-/m0/s1. The molecular weight excluding hydrogens is 352 g/mol. The Morgan fingerprint density at radius 2 is 1.95 bits per heavy atom. The van der Waals surface area contributed by atoms with Crippen molar-refractivity contribution >= 4 is 33.5 Å². The molecule has 2 aromatic rings. The van der Waals surface area contributed by atoms with Gasteiger partial charge in [-0.15, -0.1) is 0 Å². The summed E-state index contributed by atoms with van der Waals surface area (Å²) in [7, 11) is 1.56. The van der Waals surface area contributed by atoms with Crippen molar-refractivity contribution in [2.24, 2.45) is 0 Å². The molecule has 116 valence electrons.